The Bertz CT molecular complexity index is 1100. The molecule has 3 rings (SSSR count). The Hall–Kier alpha value is -2.98. The summed E-state index contributed by atoms with van der Waals surface area (Å²) in [6.45, 7) is 5.08. The predicted octanol–water partition coefficient (Wildman–Crippen LogP) is 3.99. The first-order valence-electron chi connectivity index (χ1n) is 8.89. The first kappa shape index (κ1) is 21.7. The number of nitrogens with one attached hydrogen (secondary N) is 1. The minimum Gasteiger partial charge on any atom is -0.464 e. The van der Waals surface area contributed by atoms with Crippen LogP contribution in [0.4, 0.5) is 5.13 Å². The van der Waals surface area contributed by atoms with Gasteiger partial charge in [0.25, 0.3) is 5.91 Å². The SMILES string of the molecule is CC(C)(C)C(=O)Oc1coc(CSc2nnc(NC(=O)c3ccccc3)s2)cc1=O. The topological polar surface area (TPSA) is 111 Å². The van der Waals surface area contributed by atoms with Crippen LogP contribution in [0.5, 0.6) is 5.75 Å². The van der Waals surface area contributed by atoms with Crippen molar-refractivity contribution in [3.8, 4) is 5.75 Å². The predicted molar refractivity (Wildman–Crippen MR) is 114 cm³/mol. The fourth-order valence-electron chi connectivity index (χ4n) is 2.05. The van der Waals surface area contributed by atoms with Gasteiger partial charge >= 0.3 is 5.97 Å². The lowest BCUT2D eigenvalue weighted by Crippen LogP contribution is -2.27. The zero-order chi connectivity index (χ0) is 21.7. The molecule has 1 amide bonds. The maximum absolute atomic E-state index is 12.2. The van der Waals surface area contributed by atoms with Crippen molar-refractivity contribution in [1.29, 1.82) is 0 Å². The summed E-state index contributed by atoms with van der Waals surface area (Å²) in [5.41, 5.74) is -0.648. The van der Waals surface area contributed by atoms with Crippen molar-refractivity contribution in [2.75, 3.05) is 5.32 Å². The first-order chi connectivity index (χ1) is 14.2. The van der Waals surface area contributed by atoms with E-state index in [4.69, 9.17) is 9.15 Å². The average molecular weight is 446 g/mol. The number of hydrogen-bond acceptors (Lipinski definition) is 9. The van der Waals surface area contributed by atoms with Crippen molar-refractivity contribution in [2.45, 2.75) is 30.9 Å². The lowest BCUT2D eigenvalue weighted by atomic mass is 9.97. The third kappa shape index (κ3) is 5.77. The van der Waals surface area contributed by atoms with Gasteiger partial charge in [0.2, 0.25) is 16.3 Å². The van der Waals surface area contributed by atoms with Crippen LogP contribution >= 0.6 is 23.1 Å². The summed E-state index contributed by atoms with van der Waals surface area (Å²) < 4.78 is 11.1. The Morgan fingerprint density at radius 1 is 1.20 bits per heavy atom. The number of rotatable bonds is 6. The Labute approximate surface area is 180 Å². The fraction of sp³-hybridized carbons (Fsp3) is 0.250. The molecular formula is C20H19N3O5S2. The lowest BCUT2D eigenvalue weighted by molar-refractivity contribution is -0.143. The van der Waals surface area contributed by atoms with E-state index >= 15 is 0 Å². The molecule has 3 aromatic rings. The van der Waals surface area contributed by atoms with Crippen LogP contribution in [0.2, 0.25) is 0 Å². The minimum atomic E-state index is -0.730. The maximum Gasteiger partial charge on any atom is 0.316 e. The molecule has 0 saturated carbocycles. The number of thioether (sulfide) groups is 1. The number of benzene rings is 1. The highest BCUT2D eigenvalue weighted by Crippen LogP contribution is 2.28. The van der Waals surface area contributed by atoms with E-state index in [2.05, 4.69) is 15.5 Å². The van der Waals surface area contributed by atoms with E-state index in [1.54, 1.807) is 45.0 Å². The van der Waals surface area contributed by atoms with Gasteiger partial charge < -0.3 is 9.15 Å². The van der Waals surface area contributed by atoms with Gasteiger partial charge in [-0.15, -0.1) is 10.2 Å². The highest BCUT2D eigenvalue weighted by Gasteiger charge is 2.25. The van der Waals surface area contributed by atoms with E-state index in [0.717, 1.165) is 6.26 Å². The summed E-state index contributed by atoms with van der Waals surface area (Å²) in [4.78, 5) is 36.2. The number of amides is 1. The Balaban J connectivity index is 1.57. The number of esters is 1. The second-order valence-corrected chi connectivity index (χ2v) is 9.40. The fourth-order valence-corrected chi connectivity index (χ4v) is 3.69. The van der Waals surface area contributed by atoms with Crippen LogP contribution in [0.1, 0.15) is 36.9 Å². The number of anilines is 1. The largest absolute Gasteiger partial charge is 0.464 e. The summed E-state index contributed by atoms with van der Waals surface area (Å²) in [7, 11) is 0. The van der Waals surface area contributed by atoms with Gasteiger partial charge in [0.05, 0.1) is 11.2 Å². The van der Waals surface area contributed by atoms with Gasteiger partial charge in [0.1, 0.15) is 12.0 Å². The number of hydrogen-bond donors (Lipinski definition) is 1. The van der Waals surface area contributed by atoms with Crippen LogP contribution in [0, 0.1) is 5.41 Å². The van der Waals surface area contributed by atoms with Crippen molar-refractivity contribution >= 4 is 40.1 Å². The van der Waals surface area contributed by atoms with Crippen molar-refractivity contribution in [3.05, 3.63) is 64.2 Å². The summed E-state index contributed by atoms with van der Waals surface area (Å²) in [5, 5.41) is 11.0. The van der Waals surface area contributed by atoms with Gasteiger partial charge in [-0.3, -0.25) is 19.7 Å². The molecule has 0 saturated heterocycles. The minimum absolute atomic E-state index is 0.148. The maximum atomic E-state index is 12.2. The van der Waals surface area contributed by atoms with Crippen LogP contribution in [-0.4, -0.2) is 22.1 Å². The quantitative estimate of drug-likeness (QED) is 0.344. The number of ether oxygens (including phenoxy) is 1. The monoisotopic (exact) mass is 445 g/mol. The average Bonchev–Trinajstić information content (AvgIpc) is 3.15. The van der Waals surface area contributed by atoms with Crippen molar-refractivity contribution < 1.29 is 18.7 Å². The molecule has 0 bridgehead atoms. The molecule has 0 fully saturated rings. The highest BCUT2D eigenvalue weighted by atomic mass is 32.2. The van der Waals surface area contributed by atoms with Crippen LogP contribution < -0.4 is 15.5 Å². The van der Waals surface area contributed by atoms with E-state index in [-0.39, 0.29) is 11.7 Å². The molecule has 1 aromatic carbocycles. The molecule has 1 N–H and O–H groups in total. The lowest BCUT2D eigenvalue weighted by Gasteiger charge is -2.15. The summed E-state index contributed by atoms with van der Waals surface area (Å²) in [6.07, 6.45) is 1.13. The number of carbonyl (C=O) groups excluding carboxylic acids is 2. The van der Waals surface area contributed by atoms with Crippen molar-refractivity contribution in [2.24, 2.45) is 5.41 Å². The molecule has 10 heteroatoms. The summed E-state index contributed by atoms with van der Waals surface area (Å²) >= 11 is 2.52. The third-order valence-corrected chi connectivity index (χ3v) is 5.66. The molecule has 0 aliphatic heterocycles. The molecule has 156 valence electrons. The zero-order valence-corrected chi connectivity index (χ0v) is 18.1. The van der Waals surface area contributed by atoms with Gasteiger partial charge in [-0.2, -0.15) is 0 Å². The van der Waals surface area contributed by atoms with Crippen LogP contribution in [0.15, 0.2) is 56.2 Å². The molecular weight excluding hydrogens is 426 g/mol. The third-order valence-electron chi connectivity index (χ3n) is 3.67. The van der Waals surface area contributed by atoms with E-state index in [0.29, 0.717) is 26.5 Å². The van der Waals surface area contributed by atoms with E-state index in [1.165, 1.54) is 29.2 Å². The normalized spacial score (nSPS) is 11.2. The molecule has 0 aliphatic rings. The molecule has 2 heterocycles. The molecule has 8 nitrogen and oxygen atoms in total. The molecule has 0 unspecified atom stereocenters. The van der Waals surface area contributed by atoms with Gasteiger partial charge in [0, 0.05) is 11.6 Å². The zero-order valence-electron chi connectivity index (χ0n) is 16.5. The van der Waals surface area contributed by atoms with Crippen molar-refractivity contribution in [3.63, 3.8) is 0 Å². The van der Waals surface area contributed by atoms with E-state index < -0.39 is 16.8 Å². The van der Waals surface area contributed by atoms with Crippen molar-refractivity contribution in [1.82, 2.24) is 10.2 Å². The van der Waals surface area contributed by atoms with Gasteiger partial charge in [-0.25, -0.2) is 0 Å². The van der Waals surface area contributed by atoms with Gasteiger partial charge in [-0.1, -0.05) is 41.3 Å². The van der Waals surface area contributed by atoms with Gasteiger partial charge in [0.15, 0.2) is 4.34 Å². The Morgan fingerprint density at radius 3 is 2.60 bits per heavy atom. The smallest absolute Gasteiger partial charge is 0.316 e. The highest BCUT2D eigenvalue weighted by molar-refractivity contribution is 8.00. The van der Waals surface area contributed by atoms with Crippen LogP contribution in [0.25, 0.3) is 0 Å². The molecule has 0 spiro atoms. The summed E-state index contributed by atoms with van der Waals surface area (Å²) in [6, 6.07) is 10.1. The number of carbonyl (C=O) groups is 2. The number of nitrogens with zero attached hydrogens (tertiary/aromatic N) is 2. The molecule has 0 atom stereocenters. The molecule has 2 aromatic heterocycles. The second kappa shape index (κ2) is 9.23. The Morgan fingerprint density at radius 2 is 1.93 bits per heavy atom. The van der Waals surface area contributed by atoms with Gasteiger partial charge in [-0.05, 0) is 32.9 Å². The molecule has 0 radical (unpaired) electrons. The van der Waals surface area contributed by atoms with Crippen LogP contribution in [0.3, 0.4) is 0 Å². The van der Waals surface area contributed by atoms with Crippen LogP contribution in [-0.2, 0) is 10.5 Å². The molecule has 0 aliphatic carbocycles. The first-order valence-corrected chi connectivity index (χ1v) is 10.7. The second-order valence-electron chi connectivity index (χ2n) is 7.20. The van der Waals surface area contributed by atoms with E-state index in [1.807, 2.05) is 6.07 Å². The summed E-state index contributed by atoms with van der Waals surface area (Å²) in [5.74, 6) is -0.217. The molecule has 30 heavy (non-hydrogen) atoms. The number of aromatic nitrogens is 2. The Kier molecular flexibility index (Phi) is 6.68. The standard InChI is InChI=1S/C20H19N3O5S2/c1-20(2,3)17(26)28-15-10-27-13(9-14(15)24)11-29-19-23-22-18(30-19)21-16(25)12-7-5-4-6-8-12/h4-10H,11H2,1-3H3,(H,21,22,25). The van der Waals surface area contributed by atoms with E-state index in [9.17, 15) is 14.4 Å².